The summed E-state index contributed by atoms with van der Waals surface area (Å²) in [5, 5.41) is 0. The quantitative estimate of drug-likeness (QED) is 0.563. The monoisotopic (exact) mass is 316 g/mol. The number of likely N-dealkylation sites (tertiary alicyclic amines) is 1. The van der Waals surface area contributed by atoms with Gasteiger partial charge in [-0.15, -0.1) is 0 Å². The number of rotatable bonds is 6. The van der Waals surface area contributed by atoms with Crippen molar-refractivity contribution >= 4 is 16.0 Å². The molecule has 3 N–H and O–H groups in total. The van der Waals surface area contributed by atoms with Crippen LogP contribution in [0.4, 0.5) is 0 Å². The predicted molar refractivity (Wildman–Crippen MR) is 85.7 cm³/mol. The van der Waals surface area contributed by atoms with Crippen LogP contribution in [0.2, 0.25) is 0 Å². The second kappa shape index (κ2) is 7.98. The molecule has 0 bridgehead atoms. The highest BCUT2D eigenvalue weighted by Gasteiger charge is 2.20. The lowest BCUT2D eigenvalue weighted by atomic mass is 9.86. The first-order chi connectivity index (χ1) is 10.1. The lowest BCUT2D eigenvalue weighted by molar-refractivity contribution is 0.316. The molecule has 122 valence electrons. The maximum absolute atomic E-state index is 11.9. The van der Waals surface area contributed by atoms with Crippen molar-refractivity contribution in [3.05, 3.63) is 0 Å². The maximum atomic E-state index is 11.9. The van der Waals surface area contributed by atoms with Gasteiger partial charge in [0.05, 0.1) is 12.3 Å². The van der Waals surface area contributed by atoms with Gasteiger partial charge in [-0.1, -0.05) is 19.3 Å². The van der Waals surface area contributed by atoms with E-state index in [1.165, 1.54) is 19.3 Å². The Morgan fingerprint density at radius 3 is 2.38 bits per heavy atom. The standard InChI is InChI=1S/C14H28N4O2S/c15-14(18-9-3-1-2-4-10-18)16-8-11-21(19,20)17-12-13-6-5-7-13/h13,17H,1-12H2,(H2,15,16). The third kappa shape index (κ3) is 5.82. The van der Waals surface area contributed by atoms with Crippen molar-refractivity contribution in [1.29, 1.82) is 0 Å². The molecule has 0 spiro atoms. The van der Waals surface area contributed by atoms with Crippen molar-refractivity contribution in [3.63, 3.8) is 0 Å². The van der Waals surface area contributed by atoms with Crippen LogP contribution in [0.5, 0.6) is 0 Å². The highest BCUT2D eigenvalue weighted by molar-refractivity contribution is 7.89. The molecule has 1 aliphatic heterocycles. The molecule has 1 aliphatic carbocycles. The fraction of sp³-hybridized carbons (Fsp3) is 0.929. The molecule has 0 unspecified atom stereocenters. The van der Waals surface area contributed by atoms with Crippen molar-refractivity contribution in [1.82, 2.24) is 9.62 Å². The third-order valence-corrected chi connectivity index (χ3v) is 5.71. The Kier molecular flexibility index (Phi) is 6.29. The molecule has 0 atom stereocenters. The Bertz CT molecular complexity index is 438. The number of guanidine groups is 1. The summed E-state index contributed by atoms with van der Waals surface area (Å²) >= 11 is 0. The molecule has 0 aromatic heterocycles. The van der Waals surface area contributed by atoms with E-state index >= 15 is 0 Å². The minimum Gasteiger partial charge on any atom is -0.370 e. The van der Waals surface area contributed by atoms with Gasteiger partial charge in [-0.3, -0.25) is 4.99 Å². The molecule has 1 saturated carbocycles. The molecule has 0 aromatic carbocycles. The summed E-state index contributed by atoms with van der Waals surface area (Å²) in [4.78, 5) is 6.31. The summed E-state index contributed by atoms with van der Waals surface area (Å²) in [5.74, 6) is 1.05. The second-order valence-corrected chi connectivity index (χ2v) is 8.03. The van der Waals surface area contributed by atoms with Gasteiger partial charge in [0.25, 0.3) is 0 Å². The molecule has 7 heteroatoms. The predicted octanol–water partition coefficient (Wildman–Crippen LogP) is 0.897. The van der Waals surface area contributed by atoms with Gasteiger partial charge in [0.15, 0.2) is 5.96 Å². The normalized spacial score (nSPS) is 21.9. The smallest absolute Gasteiger partial charge is 0.213 e. The third-order valence-electron chi connectivity index (χ3n) is 4.38. The van der Waals surface area contributed by atoms with Gasteiger partial charge in [-0.05, 0) is 31.6 Å². The number of nitrogens with two attached hydrogens (primary N) is 1. The number of nitrogens with one attached hydrogen (secondary N) is 1. The molecule has 1 heterocycles. The van der Waals surface area contributed by atoms with Gasteiger partial charge in [-0.25, -0.2) is 13.1 Å². The molecular formula is C14H28N4O2S. The summed E-state index contributed by atoms with van der Waals surface area (Å²) in [6, 6.07) is 0. The molecule has 0 aromatic rings. The molecule has 2 rings (SSSR count). The first kappa shape index (κ1) is 16.5. The average molecular weight is 316 g/mol. The molecular weight excluding hydrogens is 288 g/mol. The minimum atomic E-state index is -3.22. The van der Waals surface area contributed by atoms with Gasteiger partial charge >= 0.3 is 0 Å². The topological polar surface area (TPSA) is 87.8 Å². The SMILES string of the molecule is NC(=NCCS(=O)(=O)NCC1CCC1)N1CCCCCC1. The van der Waals surface area contributed by atoms with E-state index in [-0.39, 0.29) is 12.3 Å². The van der Waals surface area contributed by atoms with Crippen LogP contribution in [0.3, 0.4) is 0 Å². The van der Waals surface area contributed by atoms with Crippen LogP contribution in [-0.2, 0) is 10.0 Å². The van der Waals surface area contributed by atoms with Crippen molar-refractivity contribution in [3.8, 4) is 0 Å². The molecule has 6 nitrogen and oxygen atoms in total. The number of sulfonamides is 1. The van der Waals surface area contributed by atoms with Crippen LogP contribution in [0.15, 0.2) is 4.99 Å². The van der Waals surface area contributed by atoms with Crippen LogP contribution in [0, 0.1) is 5.92 Å². The maximum Gasteiger partial charge on any atom is 0.213 e. The lowest BCUT2D eigenvalue weighted by Crippen LogP contribution is -2.39. The van der Waals surface area contributed by atoms with Gasteiger partial charge in [0, 0.05) is 19.6 Å². The molecule has 1 saturated heterocycles. The summed E-state index contributed by atoms with van der Waals surface area (Å²) in [6.45, 7) is 2.68. The Morgan fingerprint density at radius 2 is 1.81 bits per heavy atom. The van der Waals surface area contributed by atoms with E-state index in [2.05, 4.69) is 14.6 Å². The van der Waals surface area contributed by atoms with E-state index in [4.69, 9.17) is 5.73 Å². The molecule has 0 amide bonds. The summed E-state index contributed by atoms with van der Waals surface area (Å²) in [6.07, 6.45) is 8.26. The van der Waals surface area contributed by atoms with E-state index in [1.54, 1.807) is 0 Å². The number of aliphatic imine (C=N–C) groups is 1. The Balaban J connectivity index is 1.71. The van der Waals surface area contributed by atoms with Crippen LogP contribution in [0.1, 0.15) is 44.9 Å². The summed E-state index contributed by atoms with van der Waals surface area (Å²) in [7, 11) is -3.22. The van der Waals surface area contributed by atoms with Gasteiger partial charge in [0.2, 0.25) is 10.0 Å². The molecule has 2 fully saturated rings. The Labute approximate surface area is 128 Å². The Morgan fingerprint density at radius 1 is 1.14 bits per heavy atom. The molecule has 21 heavy (non-hydrogen) atoms. The molecule has 2 aliphatic rings. The van der Waals surface area contributed by atoms with Crippen molar-refractivity contribution in [2.45, 2.75) is 44.9 Å². The minimum absolute atomic E-state index is 0.0221. The average Bonchev–Trinajstić information content (AvgIpc) is 2.65. The first-order valence-electron chi connectivity index (χ1n) is 8.09. The summed E-state index contributed by atoms with van der Waals surface area (Å²) in [5.41, 5.74) is 5.96. The Hall–Kier alpha value is -0.820. The van der Waals surface area contributed by atoms with Crippen molar-refractivity contribution < 1.29 is 8.42 Å². The van der Waals surface area contributed by atoms with E-state index in [1.807, 2.05) is 0 Å². The van der Waals surface area contributed by atoms with Gasteiger partial charge in [0.1, 0.15) is 0 Å². The van der Waals surface area contributed by atoms with Crippen LogP contribution < -0.4 is 10.5 Å². The molecule has 0 radical (unpaired) electrons. The van der Waals surface area contributed by atoms with Crippen molar-refractivity contribution in [2.75, 3.05) is 31.9 Å². The van der Waals surface area contributed by atoms with Gasteiger partial charge < -0.3 is 10.6 Å². The first-order valence-corrected chi connectivity index (χ1v) is 9.74. The number of nitrogens with zero attached hydrogens (tertiary/aromatic N) is 2. The zero-order valence-corrected chi connectivity index (χ0v) is 13.6. The van der Waals surface area contributed by atoms with E-state index in [0.717, 1.165) is 38.8 Å². The van der Waals surface area contributed by atoms with Crippen molar-refractivity contribution in [2.24, 2.45) is 16.6 Å². The van der Waals surface area contributed by atoms with Crippen LogP contribution in [-0.4, -0.2) is 51.2 Å². The van der Waals surface area contributed by atoms with Gasteiger partial charge in [-0.2, -0.15) is 0 Å². The summed E-state index contributed by atoms with van der Waals surface area (Å²) < 4.78 is 26.4. The number of hydrogen-bond donors (Lipinski definition) is 2. The second-order valence-electron chi connectivity index (χ2n) is 6.11. The van der Waals surface area contributed by atoms with Crippen LogP contribution >= 0.6 is 0 Å². The van der Waals surface area contributed by atoms with E-state index < -0.39 is 10.0 Å². The number of hydrogen-bond acceptors (Lipinski definition) is 3. The van der Waals surface area contributed by atoms with E-state index in [9.17, 15) is 8.42 Å². The zero-order chi connectivity index (χ0) is 15.1. The lowest BCUT2D eigenvalue weighted by Gasteiger charge is -2.25. The highest BCUT2D eigenvalue weighted by Crippen LogP contribution is 2.25. The largest absolute Gasteiger partial charge is 0.370 e. The zero-order valence-electron chi connectivity index (χ0n) is 12.8. The van der Waals surface area contributed by atoms with E-state index in [0.29, 0.717) is 18.4 Å². The van der Waals surface area contributed by atoms with Crippen LogP contribution in [0.25, 0.3) is 0 Å². The highest BCUT2D eigenvalue weighted by atomic mass is 32.2. The fourth-order valence-electron chi connectivity index (χ4n) is 2.69. The fourth-order valence-corrected chi connectivity index (χ4v) is 3.66.